The number of hydrogen-bond donors (Lipinski definition) is 2. The zero-order valence-electron chi connectivity index (χ0n) is 34.8. The number of carbonyl (C=O) groups excluding carboxylic acids is 3. The molecule has 0 unspecified atom stereocenters. The fourth-order valence-electron chi connectivity index (χ4n) is 8.65. The molecule has 3 amide bonds. The van der Waals surface area contributed by atoms with Crippen LogP contribution in [0.2, 0.25) is 0 Å². The van der Waals surface area contributed by atoms with Crippen molar-refractivity contribution >= 4 is 108 Å². The zero-order valence-corrected chi connectivity index (χ0v) is 40.6. The van der Waals surface area contributed by atoms with Crippen molar-refractivity contribution in [2.75, 3.05) is 40.0 Å². The quantitative estimate of drug-likeness (QED) is 0.228. The number of carbonyl (C=O) groups is 3. The normalized spacial score (nSPS) is 22.7. The second-order valence-corrected chi connectivity index (χ2v) is 17.0. The van der Waals surface area contributed by atoms with E-state index < -0.39 is 23.5 Å². The Balaban J connectivity index is 0.00000192. The second-order valence-electron chi connectivity index (χ2n) is 16.1. The van der Waals surface area contributed by atoms with Crippen molar-refractivity contribution in [2.24, 2.45) is 11.3 Å². The Morgan fingerprint density at radius 2 is 1.92 bits per heavy atom. The maximum Gasteiger partial charge on any atom is 0.324 e. The summed E-state index contributed by atoms with van der Waals surface area (Å²) in [5.74, 6) is -0.374. The number of nitrogens with one attached hydrogen (secondary N) is 2. The molecule has 0 aliphatic carbocycles. The lowest BCUT2D eigenvalue weighted by Crippen LogP contribution is -2.67. The van der Waals surface area contributed by atoms with Gasteiger partial charge in [0.25, 0.3) is 5.91 Å². The van der Waals surface area contributed by atoms with Crippen molar-refractivity contribution in [2.45, 2.75) is 90.6 Å². The summed E-state index contributed by atoms with van der Waals surface area (Å²) in [6, 6.07) is 8.82. The number of aryl methyl sites for hydroxylation is 1. The van der Waals surface area contributed by atoms with Gasteiger partial charge in [0, 0.05) is 90.8 Å². The van der Waals surface area contributed by atoms with Crippen LogP contribution in [-0.2, 0) is 43.2 Å². The SMILES string of the molecule is CCn1c(-c2cccnc2[C@H](C)OC)c2c3cc(ccc31)-c1csc(n1)C[C@H](NC(=O)N1C[C@@H]3COCC[C@@H]31)C(=O)N1CCC[C@H](N1)C(=O)OCC(C)(C)C2.S.S.S.S.S. The van der Waals surface area contributed by atoms with Crippen molar-refractivity contribution in [1.82, 2.24) is 35.2 Å². The van der Waals surface area contributed by atoms with Gasteiger partial charge in [-0.2, -0.15) is 67.5 Å². The molecule has 0 saturated carbocycles. The predicted molar refractivity (Wildman–Crippen MR) is 261 cm³/mol. The first-order valence-electron chi connectivity index (χ1n) is 19.5. The van der Waals surface area contributed by atoms with E-state index in [2.05, 4.69) is 60.3 Å². The number of fused-ring (bicyclic) bond motifs is 7. The molecule has 1 aromatic carbocycles. The van der Waals surface area contributed by atoms with E-state index in [9.17, 15) is 14.4 Å². The molecule has 4 aliphatic rings. The first-order chi connectivity index (χ1) is 26.5. The molecule has 6 bridgehead atoms. The fourth-order valence-corrected chi connectivity index (χ4v) is 9.50. The topological polar surface area (TPSA) is 140 Å². The van der Waals surface area contributed by atoms with E-state index in [0.29, 0.717) is 51.5 Å². The number of pyridine rings is 1. The van der Waals surface area contributed by atoms with E-state index in [-0.39, 0.29) is 105 Å². The van der Waals surface area contributed by atoms with E-state index in [1.807, 2.05) is 23.3 Å². The van der Waals surface area contributed by atoms with Gasteiger partial charge in [-0.1, -0.05) is 19.9 Å². The molecule has 13 nitrogen and oxygen atoms in total. The molecule has 8 rings (SSSR count). The summed E-state index contributed by atoms with van der Waals surface area (Å²) in [6.45, 7) is 11.6. The minimum Gasteiger partial charge on any atom is -0.464 e. The molecule has 2 N–H and O–H groups in total. The van der Waals surface area contributed by atoms with E-state index in [1.165, 1.54) is 16.3 Å². The maximum absolute atomic E-state index is 14.3. The largest absolute Gasteiger partial charge is 0.464 e. The Hall–Kier alpha value is -2.62. The summed E-state index contributed by atoms with van der Waals surface area (Å²) >= 11 is 1.48. The van der Waals surface area contributed by atoms with Crippen molar-refractivity contribution in [3.63, 3.8) is 0 Å². The number of methoxy groups -OCH3 is 1. The second kappa shape index (κ2) is 21.6. The first kappa shape index (κ1) is 51.7. The third-order valence-corrected chi connectivity index (χ3v) is 12.5. The van der Waals surface area contributed by atoms with Crippen LogP contribution in [0.25, 0.3) is 33.4 Å². The minimum atomic E-state index is -0.885. The molecule has 4 aromatic rings. The number of urea groups is 1. The van der Waals surface area contributed by atoms with Gasteiger partial charge in [-0.05, 0) is 69.4 Å². The van der Waals surface area contributed by atoms with Gasteiger partial charge < -0.3 is 29.0 Å². The highest BCUT2D eigenvalue weighted by molar-refractivity contribution is 7.60. The number of thiazole rings is 1. The molecule has 19 heteroatoms. The van der Waals surface area contributed by atoms with Crippen molar-refractivity contribution in [1.29, 1.82) is 0 Å². The van der Waals surface area contributed by atoms with E-state index in [0.717, 1.165) is 62.6 Å². The Morgan fingerprint density at radius 3 is 2.65 bits per heavy atom. The van der Waals surface area contributed by atoms with Crippen LogP contribution in [0, 0.1) is 11.3 Å². The van der Waals surface area contributed by atoms with Crippen LogP contribution in [0.15, 0.2) is 41.9 Å². The molecular weight excluding hydrogens is 879 g/mol. The number of hydrazine groups is 1. The summed E-state index contributed by atoms with van der Waals surface area (Å²) in [5, 5.41) is 8.41. The number of hydrogen-bond acceptors (Lipinski definition) is 10. The molecular formula is C41H61N7O6S6. The highest BCUT2D eigenvalue weighted by atomic mass is 32.1. The van der Waals surface area contributed by atoms with E-state index in [1.54, 1.807) is 13.3 Å². The van der Waals surface area contributed by atoms with Crippen LogP contribution in [0.5, 0.6) is 0 Å². The Bertz CT molecular complexity index is 2120. The maximum atomic E-state index is 14.3. The Labute approximate surface area is 391 Å². The van der Waals surface area contributed by atoms with Gasteiger partial charge in [-0.25, -0.2) is 15.2 Å². The number of ether oxygens (including phenoxy) is 3. The third-order valence-electron chi connectivity index (χ3n) is 11.7. The Morgan fingerprint density at radius 1 is 1.13 bits per heavy atom. The lowest BCUT2D eigenvalue weighted by Gasteiger charge is -2.50. The lowest BCUT2D eigenvalue weighted by atomic mass is 9.84. The van der Waals surface area contributed by atoms with Gasteiger partial charge in [-0.15, -0.1) is 11.3 Å². The van der Waals surface area contributed by atoms with Gasteiger partial charge in [-0.3, -0.25) is 19.6 Å². The predicted octanol–water partition coefficient (Wildman–Crippen LogP) is 6.08. The minimum absolute atomic E-state index is 0. The highest BCUT2D eigenvalue weighted by Crippen LogP contribution is 2.42. The van der Waals surface area contributed by atoms with E-state index >= 15 is 0 Å². The monoisotopic (exact) mass is 939 g/mol. The third kappa shape index (κ3) is 10.3. The molecule has 3 saturated heterocycles. The molecule has 332 valence electrons. The van der Waals surface area contributed by atoms with Gasteiger partial charge in [0.05, 0.1) is 41.4 Å². The van der Waals surface area contributed by atoms with Crippen molar-refractivity contribution in [3.8, 4) is 22.5 Å². The summed E-state index contributed by atoms with van der Waals surface area (Å²) in [5.41, 5.74) is 9.64. The lowest BCUT2D eigenvalue weighted by molar-refractivity contribution is -0.155. The number of amides is 3. The zero-order chi connectivity index (χ0) is 38.4. The average molecular weight is 940 g/mol. The first-order valence-corrected chi connectivity index (χ1v) is 20.4. The number of rotatable bonds is 5. The van der Waals surface area contributed by atoms with Crippen LogP contribution in [0.1, 0.15) is 69.3 Å². The number of aromatic nitrogens is 3. The molecule has 60 heavy (non-hydrogen) atoms. The summed E-state index contributed by atoms with van der Waals surface area (Å²) in [6.07, 6.45) is 4.35. The smallest absolute Gasteiger partial charge is 0.324 e. The Kier molecular flexibility index (Phi) is 18.7. The summed E-state index contributed by atoms with van der Waals surface area (Å²) in [4.78, 5) is 53.3. The highest BCUT2D eigenvalue weighted by Gasteiger charge is 2.45. The summed E-state index contributed by atoms with van der Waals surface area (Å²) < 4.78 is 19.8. The number of benzene rings is 1. The number of cyclic esters (lactones) is 1. The van der Waals surface area contributed by atoms with Crippen molar-refractivity contribution in [3.05, 3.63) is 58.2 Å². The van der Waals surface area contributed by atoms with Gasteiger partial charge in [0.15, 0.2) is 0 Å². The number of esters is 1. The molecule has 3 aromatic heterocycles. The van der Waals surface area contributed by atoms with Crippen LogP contribution in [0.3, 0.4) is 0 Å². The van der Waals surface area contributed by atoms with Crippen molar-refractivity contribution < 1.29 is 28.6 Å². The molecule has 0 radical (unpaired) electrons. The van der Waals surface area contributed by atoms with Gasteiger partial charge in [0.2, 0.25) is 0 Å². The summed E-state index contributed by atoms with van der Waals surface area (Å²) in [7, 11) is 1.70. The fraction of sp³-hybridized carbons (Fsp3) is 0.537. The number of nitrogens with zero attached hydrogens (tertiary/aromatic N) is 5. The van der Waals surface area contributed by atoms with Gasteiger partial charge in [0.1, 0.15) is 12.1 Å². The molecule has 0 spiro atoms. The average Bonchev–Trinajstić information content (AvgIpc) is 3.77. The van der Waals surface area contributed by atoms with Gasteiger partial charge >= 0.3 is 12.0 Å². The molecule has 5 atom stereocenters. The van der Waals surface area contributed by atoms with Crippen LogP contribution in [-0.4, -0.2) is 100 Å². The van der Waals surface area contributed by atoms with Crippen LogP contribution >= 0.6 is 78.8 Å². The standard InChI is InChI=1S/C41H51N7O6S.5H2S/c1-6-46-34-12-11-25-17-28(34)29(37(46)27-9-7-14-42-36(27)24(2)52-5)19-41(3,4)23-54-39(50)30-10-8-15-48(45-30)38(49)31(18-35-43-32(25)22-55-35)44-40(51)47-20-26-21-53-16-13-33(26)47;;;;;/h7,9,11-12,14,17,22,24,26,30-31,33,45H,6,8,10,13,15-16,18-21,23H2,1-5H3,(H,44,51);5*1H2/t24-,26+,30-,31-,33-;;;;;/m0...../s1. The van der Waals surface area contributed by atoms with Crippen LogP contribution < -0.4 is 10.7 Å². The molecule has 3 fully saturated rings. The number of likely N-dealkylation sites (tertiary alicyclic amines) is 1. The molecule has 4 aliphatic heterocycles. The van der Waals surface area contributed by atoms with E-state index in [4.69, 9.17) is 24.2 Å². The molecule has 7 heterocycles. The van der Waals surface area contributed by atoms with Crippen LogP contribution in [0.4, 0.5) is 4.79 Å².